The number of amides is 1. The molecule has 3 heteroatoms. The van der Waals surface area contributed by atoms with Gasteiger partial charge in [-0.2, -0.15) is 0 Å². The van der Waals surface area contributed by atoms with Crippen LogP contribution in [0, 0.1) is 6.07 Å². The number of carbonyl (C=O) groups is 1. The van der Waals surface area contributed by atoms with E-state index in [2.05, 4.69) is 30.3 Å². The van der Waals surface area contributed by atoms with Gasteiger partial charge in [-0.25, -0.2) is 0 Å². The summed E-state index contributed by atoms with van der Waals surface area (Å²) in [5.74, 6) is 0.520. The summed E-state index contributed by atoms with van der Waals surface area (Å²) in [5.41, 5.74) is 5.58. The molecule has 0 fully saturated rings. The van der Waals surface area contributed by atoms with Crippen LogP contribution < -0.4 is 4.90 Å². The molecule has 0 spiro atoms. The molecular formula is C25H24NO2. The summed E-state index contributed by atoms with van der Waals surface area (Å²) in [6.45, 7) is 2.59. The van der Waals surface area contributed by atoms with Crippen LogP contribution >= 0.6 is 0 Å². The van der Waals surface area contributed by atoms with Crippen LogP contribution in [0.5, 0.6) is 5.75 Å². The van der Waals surface area contributed by atoms with Gasteiger partial charge in [0, 0.05) is 17.8 Å². The molecule has 0 unspecified atom stereocenters. The molecule has 0 saturated heterocycles. The maximum absolute atomic E-state index is 13.2. The number of para-hydroxylation sites is 1. The molecule has 1 aliphatic carbocycles. The molecule has 0 heterocycles. The van der Waals surface area contributed by atoms with Gasteiger partial charge in [0.15, 0.2) is 0 Å². The standard InChI is InChI=1S/C25H24NO2/c1-2-26(25(28)19-13-15-22(27)16-14-19)24-10-6-5-9-23(24)21-12-11-18-7-3-4-8-20(18)17-21/h4-10,13-16,21,27H,2,11-12,17H2,1H3/t21-/m0/s1. The third-order valence-corrected chi connectivity index (χ3v) is 5.62. The van der Waals surface area contributed by atoms with Gasteiger partial charge in [-0.3, -0.25) is 4.79 Å². The summed E-state index contributed by atoms with van der Waals surface area (Å²) >= 11 is 0. The Morgan fingerprint density at radius 2 is 1.89 bits per heavy atom. The van der Waals surface area contributed by atoms with Gasteiger partial charge in [-0.15, -0.1) is 0 Å². The van der Waals surface area contributed by atoms with Crippen molar-refractivity contribution in [3.63, 3.8) is 0 Å². The molecule has 1 aliphatic rings. The fourth-order valence-electron chi connectivity index (χ4n) is 4.15. The third kappa shape index (κ3) is 3.53. The largest absolute Gasteiger partial charge is 0.508 e. The van der Waals surface area contributed by atoms with Crippen molar-refractivity contribution in [1.82, 2.24) is 0 Å². The summed E-state index contributed by atoms with van der Waals surface area (Å²) in [6.07, 6.45) is 3.11. The Morgan fingerprint density at radius 1 is 1.11 bits per heavy atom. The van der Waals surface area contributed by atoms with Gasteiger partial charge in [0.1, 0.15) is 5.75 Å². The molecule has 0 saturated carbocycles. The maximum atomic E-state index is 13.2. The van der Waals surface area contributed by atoms with E-state index >= 15 is 0 Å². The first kappa shape index (κ1) is 18.3. The van der Waals surface area contributed by atoms with Crippen LogP contribution in [0.15, 0.2) is 66.7 Å². The molecule has 1 radical (unpaired) electrons. The van der Waals surface area contributed by atoms with Crippen molar-refractivity contribution < 1.29 is 9.90 Å². The minimum atomic E-state index is -0.0410. The number of fused-ring (bicyclic) bond motifs is 1. The Morgan fingerprint density at radius 3 is 2.68 bits per heavy atom. The van der Waals surface area contributed by atoms with E-state index in [9.17, 15) is 9.90 Å². The molecule has 3 nitrogen and oxygen atoms in total. The van der Waals surface area contributed by atoms with Gasteiger partial charge in [0.05, 0.1) is 0 Å². The first-order valence-corrected chi connectivity index (χ1v) is 9.85. The Hall–Kier alpha value is -3.07. The van der Waals surface area contributed by atoms with Crippen molar-refractivity contribution in [1.29, 1.82) is 0 Å². The fourth-order valence-corrected chi connectivity index (χ4v) is 4.15. The highest BCUT2D eigenvalue weighted by Gasteiger charge is 2.25. The average molecular weight is 370 g/mol. The second-order valence-electron chi connectivity index (χ2n) is 7.29. The van der Waals surface area contributed by atoms with Gasteiger partial charge in [-0.05, 0) is 85.2 Å². The molecule has 0 aromatic heterocycles. The summed E-state index contributed by atoms with van der Waals surface area (Å²) < 4.78 is 0. The van der Waals surface area contributed by atoms with Gasteiger partial charge in [0.2, 0.25) is 0 Å². The first-order chi connectivity index (χ1) is 13.7. The summed E-state index contributed by atoms with van der Waals surface area (Å²) in [4.78, 5) is 15.0. The lowest BCUT2D eigenvalue weighted by Crippen LogP contribution is -2.32. The molecule has 28 heavy (non-hydrogen) atoms. The van der Waals surface area contributed by atoms with E-state index in [4.69, 9.17) is 0 Å². The van der Waals surface area contributed by atoms with E-state index < -0.39 is 0 Å². The maximum Gasteiger partial charge on any atom is 0.258 e. The highest BCUT2D eigenvalue weighted by atomic mass is 16.3. The Bertz CT molecular complexity index is 978. The predicted octanol–water partition coefficient (Wildman–Crippen LogP) is 5.13. The number of benzene rings is 3. The molecule has 3 aromatic carbocycles. The first-order valence-electron chi connectivity index (χ1n) is 9.85. The van der Waals surface area contributed by atoms with Crippen LogP contribution in [-0.4, -0.2) is 17.6 Å². The summed E-state index contributed by atoms with van der Waals surface area (Å²) in [5, 5.41) is 9.52. The van der Waals surface area contributed by atoms with Gasteiger partial charge >= 0.3 is 0 Å². The highest BCUT2D eigenvalue weighted by molar-refractivity contribution is 6.06. The van der Waals surface area contributed by atoms with Crippen molar-refractivity contribution in [2.45, 2.75) is 32.1 Å². The quantitative estimate of drug-likeness (QED) is 0.691. The normalized spacial score (nSPS) is 15.7. The lowest BCUT2D eigenvalue weighted by molar-refractivity contribution is 0.0988. The molecular weight excluding hydrogens is 346 g/mol. The minimum Gasteiger partial charge on any atom is -0.508 e. The van der Waals surface area contributed by atoms with Crippen molar-refractivity contribution in [3.8, 4) is 5.75 Å². The Kier molecular flexibility index (Phi) is 5.16. The number of rotatable bonds is 4. The van der Waals surface area contributed by atoms with E-state index in [1.54, 1.807) is 24.3 Å². The van der Waals surface area contributed by atoms with E-state index in [-0.39, 0.29) is 11.7 Å². The van der Waals surface area contributed by atoms with Gasteiger partial charge in [0.25, 0.3) is 5.91 Å². The summed E-state index contributed by atoms with van der Waals surface area (Å²) in [6, 6.07) is 24.2. The third-order valence-electron chi connectivity index (χ3n) is 5.62. The topological polar surface area (TPSA) is 40.5 Å². The van der Waals surface area contributed by atoms with Crippen LogP contribution in [0.25, 0.3) is 0 Å². The number of anilines is 1. The van der Waals surface area contributed by atoms with Crippen molar-refractivity contribution in [2.24, 2.45) is 0 Å². The van der Waals surface area contributed by atoms with E-state index in [0.717, 1.165) is 24.9 Å². The number of hydrogen-bond donors (Lipinski definition) is 1. The van der Waals surface area contributed by atoms with E-state index in [0.29, 0.717) is 18.0 Å². The summed E-state index contributed by atoms with van der Waals surface area (Å²) in [7, 11) is 0. The SMILES string of the molecule is CCN(C(=O)c1ccc(O)cc1)c1ccccc1[C@H]1CCc2c[c]ccc2C1. The lowest BCUT2D eigenvalue weighted by atomic mass is 9.79. The molecule has 1 amide bonds. The monoisotopic (exact) mass is 370 g/mol. The van der Waals surface area contributed by atoms with Crippen LogP contribution in [0.4, 0.5) is 5.69 Å². The second-order valence-corrected chi connectivity index (χ2v) is 7.29. The van der Waals surface area contributed by atoms with Crippen molar-refractivity contribution in [2.75, 3.05) is 11.4 Å². The number of phenolic OH excluding ortho intramolecular Hbond substituents is 1. The van der Waals surface area contributed by atoms with Gasteiger partial charge in [-0.1, -0.05) is 36.4 Å². The Labute approximate surface area is 166 Å². The van der Waals surface area contributed by atoms with Crippen molar-refractivity contribution >= 4 is 11.6 Å². The molecule has 3 aromatic rings. The van der Waals surface area contributed by atoms with Crippen LogP contribution in [0.1, 0.15) is 46.3 Å². The van der Waals surface area contributed by atoms with Crippen LogP contribution in [0.3, 0.4) is 0 Å². The fraction of sp³-hybridized carbons (Fsp3) is 0.240. The number of nitrogens with zero attached hydrogens (tertiary/aromatic N) is 1. The van der Waals surface area contributed by atoms with E-state index in [1.807, 2.05) is 30.0 Å². The number of carbonyl (C=O) groups excluding carboxylic acids is 1. The zero-order chi connectivity index (χ0) is 19.5. The van der Waals surface area contributed by atoms with Crippen LogP contribution in [-0.2, 0) is 12.8 Å². The molecule has 0 bridgehead atoms. The molecule has 141 valence electrons. The number of hydrogen-bond acceptors (Lipinski definition) is 2. The zero-order valence-electron chi connectivity index (χ0n) is 16.1. The number of phenols is 1. The lowest BCUT2D eigenvalue weighted by Gasteiger charge is -2.30. The highest BCUT2D eigenvalue weighted by Crippen LogP contribution is 2.37. The predicted molar refractivity (Wildman–Crippen MR) is 112 cm³/mol. The van der Waals surface area contributed by atoms with Crippen molar-refractivity contribution in [3.05, 3.63) is 95.1 Å². The second kappa shape index (κ2) is 7.89. The molecule has 1 N–H and O–H groups in total. The van der Waals surface area contributed by atoms with Crippen LogP contribution in [0.2, 0.25) is 0 Å². The number of aryl methyl sites for hydroxylation is 1. The number of aromatic hydroxyl groups is 1. The zero-order valence-corrected chi connectivity index (χ0v) is 16.1. The van der Waals surface area contributed by atoms with E-state index in [1.165, 1.54) is 16.7 Å². The molecule has 0 aliphatic heterocycles. The smallest absolute Gasteiger partial charge is 0.258 e. The minimum absolute atomic E-state index is 0.0410. The average Bonchev–Trinajstić information content (AvgIpc) is 2.75. The van der Waals surface area contributed by atoms with Gasteiger partial charge < -0.3 is 10.0 Å². The molecule has 1 atom stereocenters. The molecule has 4 rings (SSSR count). The Balaban J connectivity index is 1.67.